The molecule has 1 N–H and O–H groups in total. The Hall–Kier alpha value is -2.90. The van der Waals surface area contributed by atoms with Gasteiger partial charge in [0.1, 0.15) is 0 Å². The van der Waals surface area contributed by atoms with Crippen LogP contribution in [-0.2, 0) is 13.2 Å². The molecule has 1 aliphatic rings. The van der Waals surface area contributed by atoms with Crippen LogP contribution in [0.15, 0.2) is 30.3 Å². The highest BCUT2D eigenvalue weighted by Gasteiger charge is 2.30. The number of alkyl halides is 3. The molecule has 8 heteroatoms. The summed E-state index contributed by atoms with van der Waals surface area (Å²) in [6.45, 7) is 1.80. The molecule has 0 atom stereocenters. The zero-order valence-corrected chi connectivity index (χ0v) is 14.8. The average Bonchev–Trinajstić information content (AvgIpc) is 3.41. The van der Waals surface area contributed by atoms with Gasteiger partial charge >= 0.3 is 6.18 Å². The highest BCUT2D eigenvalue weighted by Crippen LogP contribution is 2.40. The molecule has 0 radical (unpaired) electrons. The normalized spacial score (nSPS) is 14.6. The van der Waals surface area contributed by atoms with Crippen molar-refractivity contribution in [2.24, 2.45) is 7.05 Å². The third-order valence-electron chi connectivity index (χ3n) is 4.70. The van der Waals surface area contributed by atoms with Crippen LogP contribution in [0, 0.1) is 6.92 Å². The summed E-state index contributed by atoms with van der Waals surface area (Å²) in [6, 6.07) is 6.16. The van der Waals surface area contributed by atoms with E-state index >= 15 is 0 Å². The molecule has 0 unspecified atom stereocenters. The second-order valence-corrected chi connectivity index (χ2v) is 6.81. The third kappa shape index (κ3) is 3.27. The number of aromatic nitrogens is 3. The Morgan fingerprint density at radius 1 is 1.22 bits per heavy atom. The summed E-state index contributed by atoms with van der Waals surface area (Å²) in [6.07, 6.45) is -2.34. The monoisotopic (exact) mass is 374 g/mol. The van der Waals surface area contributed by atoms with Gasteiger partial charge in [0.15, 0.2) is 5.65 Å². The van der Waals surface area contributed by atoms with Crippen LogP contribution in [0.1, 0.15) is 46.1 Å². The lowest BCUT2D eigenvalue weighted by Crippen LogP contribution is -2.14. The molecule has 2 aromatic heterocycles. The molecular weight excluding hydrogens is 357 g/mol. The van der Waals surface area contributed by atoms with Gasteiger partial charge in [0, 0.05) is 24.3 Å². The number of carbonyl (C=O) groups excluding carboxylic acids is 1. The Labute approximate surface area is 153 Å². The minimum atomic E-state index is -4.41. The average molecular weight is 374 g/mol. The quantitative estimate of drug-likeness (QED) is 0.738. The molecular formula is C19H17F3N4O. The summed E-state index contributed by atoms with van der Waals surface area (Å²) in [4.78, 5) is 17.5. The number of rotatable bonds is 3. The maximum absolute atomic E-state index is 12.9. The summed E-state index contributed by atoms with van der Waals surface area (Å²) >= 11 is 0. The number of fused-ring (bicyclic) bond motifs is 1. The number of nitrogens with zero attached hydrogens (tertiary/aromatic N) is 3. The first-order chi connectivity index (χ1) is 12.7. The SMILES string of the molecule is Cc1nn(C)c2nc(C3CC3)cc(C(=O)Nc3ccc(C(F)(F)F)cc3)c12. The molecule has 1 saturated carbocycles. The molecule has 0 aliphatic heterocycles. The standard InChI is InChI=1S/C19H17F3N4O/c1-10-16-14(9-15(11-3-4-11)24-17(16)26(2)25-10)18(27)23-13-7-5-12(6-8-13)19(20,21)22/h5-9,11H,3-4H2,1-2H3,(H,23,27). The number of amides is 1. The lowest BCUT2D eigenvalue weighted by molar-refractivity contribution is -0.137. The van der Waals surface area contributed by atoms with Crippen LogP contribution in [-0.4, -0.2) is 20.7 Å². The van der Waals surface area contributed by atoms with E-state index in [1.54, 1.807) is 24.7 Å². The zero-order valence-electron chi connectivity index (χ0n) is 14.8. The Morgan fingerprint density at radius 2 is 1.89 bits per heavy atom. The molecule has 0 bridgehead atoms. The summed E-state index contributed by atoms with van der Waals surface area (Å²) in [7, 11) is 1.77. The first-order valence-electron chi connectivity index (χ1n) is 8.57. The molecule has 4 rings (SSSR count). The van der Waals surface area contributed by atoms with Gasteiger partial charge < -0.3 is 5.32 Å². The van der Waals surface area contributed by atoms with Crippen LogP contribution in [0.2, 0.25) is 0 Å². The van der Waals surface area contributed by atoms with Crippen LogP contribution in [0.4, 0.5) is 18.9 Å². The number of hydrogen-bond donors (Lipinski definition) is 1. The van der Waals surface area contributed by atoms with Gasteiger partial charge in [-0.1, -0.05) is 0 Å². The van der Waals surface area contributed by atoms with E-state index in [2.05, 4.69) is 15.4 Å². The van der Waals surface area contributed by atoms with Crippen molar-refractivity contribution in [2.75, 3.05) is 5.32 Å². The van der Waals surface area contributed by atoms with Crippen molar-refractivity contribution >= 4 is 22.6 Å². The van der Waals surface area contributed by atoms with Crippen LogP contribution in [0.3, 0.4) is 0 Å². The van der Waals surface area contributed by atoms with Gasteiger partial charge in [0.05, 0.1) is 22.2 Å². The van der Waals surface area contributed by atoms with Gasteiger partial charge in [-0.25, -0.2) is 4.98 Å². The van der Waals surface area contributed by atoms with Crippen molar-refractivity contribution in [3.05, 3.63) is 52.8 Å². The second-order valence-electron chi connectivity index (χ2n) is 6.81. The van der Waals surface area contributed by atoms with Gasteiger partial charge in [-0.15, -0.1) is 0 Å². The van der Waals surface area contributed by atoms with Gasteiger partial charge in [-0.2, -0.15) is 18.3 Å². The number of nitrogens with one attached hydrogen (secondary N) is 1. The van der Waals surface area contributed by atoms with Crippen molar-refractivity contribution in [1.82, 2.24) is 14.8 Å². The van der Waals surface area contributed by atoms with Crippen molar-refractivity contribution in [3.63, 3.8) is 0 Å². The summed E-state index contributed by atoms with van der Waals surface area (Å²) in [5, 5.41) is 7.69. The minimum Gasteiger partial charge on any atom is -0.322 e. The molecule has 1 amide bonds. The molecule has 0 saturated heterocycles. The Kier molecular flexibility index (Phi) is 3.94. The first kappa shape index (κ1) is 17.5. The van der Waals surface area contributed by atoms with Crippen molar-refractivity contribution in [2.45, 2.75) is 31.9 Å². The smallest absolute Gasteiger partial charge is 0.322 e. The summed E-state index contributed by atoms with van der Waals surface area (Å²) in [5.41, 5.74) is 2.14. The molecule has 1 aromatic carbocycles. The fraction of sp³-hybridized carbons (Fsp3) is 0.316. The molecule has 5 nitrogen and oxygen atoms in total. The predicted molar refractivity (Wildman–Crippen MR) is 94.6 cm³/mol. The maximum Gasteiger partial charge on any atom is 0.416 e. The lowest BCUT2D eigenvalue weighted by atomic mass is 10.1. The van der Waals surface area contributed by atoms with Crippen LogP contribution < -0.4 is 5.32 Å². The van der Waals surface area contributed by atoms with Crippen LogP contribution in [0.25, 0.3) is 11.0 Å². The van der Waals surface area contributed by atoms with Crippen molar-refractivity contribution in [1.29, 1.82) is 0 Å². The topological polar surface area (TPSA) is 59.8 Å². The number of benzene rings is 1. The highest BCUT2D eigenvalue weighted by atomic mass is 19.4. The highest BCUT2D eigenvalue weighted by molar-refractivity contribution is 6.12. The number of carbonyl (C=O) groups is 1. The summed E-state index contributed by atoms with van der Waals surface area (Å²) < 4.78 is 39.7. The predicted octanol–water partition coefficient (Wildman–Crippen LogP) is 4.43. The van der Waals surface area contributed by atoms with Crippen molar-refractivity contribution in [3.8, 4) is 0 Å². The Balaban J connectivity index is 1.70. The van der Waals surface area contributed by atoms with E-state index in [0.717, 1.165) is 30.7 Å². The van der Waals surface area contributed by atoms with Gasteiger partial charge in [0.25, 0.3) is 5.91 Å². The molecule has 0 spiro atoms. The maximum atomic E-state index is 12.9. The van der Waals surface area contributed by atoms with Crippen LogP contribution in [0.5, 0.6) is 0 Å². The number of hydrogen-bond acceptors (Lipinski definition) is 3. The molecule has 27 heavy (non-hydrogen) atoms. The molecule has 140 valence electrons. The van der Waals surface area contributed by atoms with Gasteiger partial charge in [-0.05, 0) is 50.1 Å². The Bertz CT molecular complexity index is 1030. The zero-order chi connectivity index (χ0) is 19.3. The van der Waals surface area contributed by atoms with E-state index < -0.39 is 11.7 Å². The van der Waals surface area contributed by atoms with Gasteiger partial charge in [-0.3, -0.25) is 9.48 Å². The lowest BCUT2D eigenvalue weighted by Gasteiger charge is -2.10. The number of halogens is 3. The van der Waals surface area contributed by atoms with Crippen molar-refractivity contribution < 1.29 is 18.0 Å². The molecule has 1 fully saturated rings. The van der Waals surface area contributed by atoms with E-state index in [1.807, 2.05) is 0 Å². The van der Waals surface area contributed by atoms with E-state index in [4.69, 9.17) is 0 Å². The van der Waals surface area contributed by atoms with Crippen LogP contribution >= 0.6 is 0 Å². The fourth-order valence-electron chi connectivity index (χ4n) is 3.17. The fourth-order valence-corrected chi connectivity index (χ4v) is 3.17. The molecule has 3 aromatic rings. The van der Waals surface area contributed by atoms with E-state index in [1.165, 1.54) is 12.1 Å². The second kappa shape index (κ2) is 6.07. The summed E-state index contributed by atoms with van der Waals surface area (Å²) in [5.74, 6) is -0.0395. The van der Waals surface area contributed by atoms with E-state index in [0.29, 0.717) is 33.9 Å². The Morgan fingerprint density at radius 3 is 2.48 bits per heavy atom. The number of pyridine rings is 1. The molecule has 2 heterocycles. The number of anilines is 1. The van der Waals surface area contributed by atoms with E-state index in [9.17, 15) is 18.0 Å². The largest absolute Gasteiger partial charge is 0.416 e. The first-order valence-corrected chi connectivity index (χ1v) is 8.57. The minimum absolute atomic E-state index is 0.299. The third-order valence-corrected chi connectivity index (χ3v) is 4.70. The van der Waals surface area contributed by atoms with Gasteiger partial charge in [0.2, 0.25) is 0 Å². The van der Waals surface area contributed by atoms with E-state index in [-0.39, 0.29) is 5.91 Å². The number of aryl methyl sites for hydroxylation is 2. The molecule has 1 aliphatic carbocycles.